The van der Waals surface area contributed by atoms with Crippen LogP contribution >= 0.6 is 0 Å². The highest BCUT2D eigenvalue weighted by Crippen LogP contribution is 2.23. The van der Waals surface area contributed by atoms with Gasteiger partial charge < -0.3 is 9.47 Å². The zero-order valence-corrected chi connectivity index (χ0v) is 18.2. The Morgan fingerprint density at radius 2 is 1.87 bits per heavy atom. The molecule has 0 aliphatic carbocycles. The first-order valence-corrected chi connectivity index (χ1v) is 10.0. The number of aromatic nitrogens is 2. The Bertz CT molecular complexity index is 1060. The van der Waals surface area contributed by atoms with Crippen molar-refractivity contribution in [2.45, 2.75) is 33.8 Å². The van der Waals surface area contributed by atoms with E-state index in [-0.39, 0.29) is 5.78 Å². The summed E-state index contributed by atoms with van der Waals surface area (Å²) >= 11 is 0. The zero-order valence-electron chi connectivity index (χ0n) is 18.2. The number of aryl methyl sites for hydroxylation is 3. The molecule has 0 bridgehead atoms. The van der Waals surface area contributed by atoms with Crippen LogP contribution in [0.5, 0.6) is 11.5 Å². The van der Waals surface area contributed by atoms with Crippen molar-refractivity contribution < 1.29 is 14.3 Å². The van der Waals surface area contributed by atoms with Crippen molar-refractivity contribution in [2.75, 3.05) is 7.11 Å². The molecule has 3 rings (SSSR count). The summed E-state index contributed by atoms with van der Waals surface area (Å²) in [5.41, 5.74) is 5.35. The monoisotopic (exact) mass is 404 g/mol. The molecule has 156 valence electrons. The molecule has 0 radical (unpaired) electrons. The largest absolute Gasteiger partial charge is 0.496 e. The van der Waals surface area contributed by atoms with Crippen LogP contribution in [0.15, 0.2) is 48.5 Å². The second-order valence-corrected chi connectivity index (χ2v) is 7.22. The van der Waals surface area contributed by atoms with Crippen molar-refractivity contribution in [1.82, 2.24) is 9.78 Å². The van der Waals surface area contributed by atoms with Gasteiger partial charge >= 0.3 is 0 Å². The minimum absolute atomic E-state index is 0.0530. The molecule has 5 nitrogen and oxygen atoms in total. The Hall–Kier alpha value is -3.34. The van der Waals surface area contributed by atoms with Gasteiger partial charge in [-0.15, -0.1) is 0 Å². The van der Waals surface area contributed by atoms with Crippen LogP contribution in [0.2, 0.25) is 0 Å². The number of nitrogens with zero attached hydrogens (tertiary/aromatic N) is 2. The summed E-state index contributed by atoms with van der Waals surface area (Å²) in [5, 5.41) is 4.32. The molecule has 1 heterocycles. The Balaban J connectivity index is 1.76. The van der Waals surface area contributed by atoms with Gasteiger partial charge in [0.2, 0.25) is 0 Å². The quantitative estimate of drug-likeness (QED) is 0.388. The lowest BCUT2D eigenvalue weighted by Gasteiger charge is -2.11. The Labute approximate surface area is 178 Å². The molecular weight excluding hydrogens is 376 g/mol. The molecule has 0 aliphatic heterocycles. The van der Waals surface area contributed by atoms with Gasteiger partial charge in [-0.25, -0.2) is 0 Å². The molecule has 0 saturated carbocycles. The molecular formula is C25H28N2O3. The van der Waals surface area contributed by atoms with E-state index in [0.29, 0.717) is 12.2 Å². The molecule has 5 heteroatoms. The lowest BCUT2D eigenvalue weighted by atomic mass is 10.1. The predicted molar refractivity (Wildman–Crippen MR) is 119 cm³/mol. The maximum Gasteiger partial charge on any atom is 0.189 e. The molecule has 3 aromatic rings. The minimum atomic E-state index is -0.0530. The number of allylic oxidation sites excluding steroid dienone is 1. The smallest absolute Gasteiger partial charge is 0.189 e. The summed E-state index contributed by atoms with van der Waals surface area (Å²) in [7, 11) is 3.48. The van der Waals surface area contributed by atoms with Gasteiger partial charge in [0.25, 0.3) is 0 Å². The van der Waals surface area contributed by atoms with Gasteiger partial charge in [-0.1, -0.05) is 31.2 Å². The standard InChI is InChI=1S/C25H28N2O3/c1-6-19-7-11-22(12-8-19)30-16-21-15-20(10-14-24(21)29-5)9-13-23(28)25-17(2)26-27(4)18(25)3/h7-15H,6,16H2,1-5H3/b13-9+. The van der Waals surface area contributed by atoms with Crippen LogP contribution in [0.3, 0.4) is 0 Å². The average molecular weight is 405 g/mol. The van der Waals surface area contributed by atoms with Crippen molar-refractivity contribution in [3.63, 3.8) is 0 Å². The average Bonchev–Trinajstić information content (AvgIpc) is 3.02. The van der Waals surface area contributed by atoms with Crippen LogP contribution in [0.4, 0.5) is 0 Å². The second-order valence-electron chi connectivity index (χ2n) is 7.22. The number of rotatable bonds is 8. The molecule has 0 atom stereocenters. The van der Waals surface area contributed by atoms with E-state index in [0.717, 1.165) is 40.4 Å². The highest BCUT2D eigenvalue weighted by atomic mass is 16.5. The normalized spacial score (nSPS) is 11.1. The number of methoxy groups -OCH3 is 1. The first-order valence-electron chi connectivity index (χ1n) is 10.0. The van der Waals surface area contributed by atoms with E-state index in [1.807, 2.05) is 57.3 Å². The predicted octanol–water partition coefficient (Wildman–Crippen LogP) is 5.08. The molecule has 0 saturated heterocycles. The maximum atomic E-state index is 12.7. The van der Waals surface area contributed by atoms with Gasteiger partial charge in [0.15, 0.2) is 5.78 Å². The van der Waals surface area contributed by atoms with Crippen molar-refractivity contribution in [1.29, 1.82) is 0 Å². The molecule has 1 aromatic heterocycles. The van der Waals surface area contributed by atoms with E-state index in [2.05, 4.69) is 24.2 Å². The molecule has 0 fully saturated rings. The fourth-order valence-electron chi connectivity index (χ4n) is 3.38. The van der Waals surface area contributed by atoms with Gasteiger partial charge in [-0.2, -0.15) is 5.10 Å². The first kappa shape index (κ1) is 21.4. The van der Waals surface area contributed by atoms with E-state index in [1.54, 1.807) is 17.9 Å². The number of carbonyl (C=O) groups is 1. The van der Waals surface area contributed by atoms with Gasteiger partial charge in [-0.05, 0) is 61.7 Å². The van der Waals surface area contributed by atoms with Crippen molar-refractivity contribution in [2.24, 2.45) is 7.05 Å². The number of ether oxygens (including phenoxy) is 2. The van der Waals surface area contributed by atoms with E-state index in [9.17, 15) is 4.79 Å². The van der Waals surface area contributed by atoms with E-state index in [1.165, 1.54) is 5.56 Å². The van der Waals surface area contributed by atoms with Crippen LogP contribution < -0.4 is 9.47 Å². The lowest BCUT2D eigenvalue weighted by Crippen LogP contribution is -2.00. The molecule has 2 aromatic carbocycles. The number of benzene rings is 2. The lowest BCUT2D eigenvalue weighted by molar-refractivity contribution is 0.104. The third kappa shape index (κ3) is 4.79. The van der Waals surface area contributed by atoms with Crippen molar-refractivity contribution in [3.8, 4) is 11.5 Å². The summed E-state index contributed by atoms with van der Waals surface area (Å²) in [6.07, 6.45) is 4.40. The van der Waals surface area contributed by atoms with Gasteiger partial charge in [0.05, 0.1) is 18.4 Å². The molecule has 30 heavy (non-hydrogen) atoms. The van der Waals surface area contributed by atoms with E-state index < -0.39 is 0 Å². The van der Waals surface area contributed by atoms with Crippen LogP contribution in [0, 0.1) is 13.8 Å². The number of hydrogen-bond acceptors (Lipinski definition) is 4. The van der Waals surface area contributed by atoms with Gasteiger partial charge in [0.1, 0.15) is 18.1 Å². The van der Waals surface area contributed by atoms with Crippen molar-refractivity contribution in [3.05, 3.63) is 82.2 Å². The molecule has 0 amide bonds. The Morgan fingerprint density at radius 3 is 2.47 bits per heavy atom. The highest BCUT2D eigenvalue weighted by Gasteiger charge is 2.15. The minimum Gasteiger partial charge on any atom is -0.496 e. The SMILES string of the molecule is CCc1ccc(OCc2cc(/C=C/C(=O)c3c(C)nn(C)c3C)ccc2OC)cc1. The van der Waals surface area contributed by atoms with Crippen LogP contribution in [0.25, 0.3) is 6.08 Å². The summed E-state index contributed by atoms with van der Waals surface area (Å²) in [6.45, 7) is 6.26. The van der Waals surface area contributed by atoms with E-state index >= 15 is 0 Å². The first-order chi connectivity index (χ1) is 14.4. The molecule has 0 N–H and O–H groups in total. The van der Waals surface area contributed by atoms with Crippen molar-refractivity contribution >= 4 is 11.9 Å². The number of hydrogen-bond donors (Lipinski definition) is 0. The summed E-state index contributed by atoms with van der Waals surface area (Å²) in [6, 6.07) is 13.9. The van der Waals surface area contributed by atoms with Gasteiger partial charge in [-0.3, -0.25) is 9.48 Å². The maximum absolute atomic E-state index is 12.7. The molecule has 0 unspecified atom stereocenters. The number of ketones is 1. The van der Waals surface area contributed by atoms with Gasteiger partial charge in [0, 0.05) is 18.3 Å². The summed E-state index contributed by atoms with van der Waals surface area (Å²) in [5.74, 6) is 1.51. The zero-order chi connectivity index (χ0) is 21.7. The third-order valence-corrected chi connectivity index (χ3v) is 5.21. The Kier molecular flexibility index (Phi) is 6.72. The molecule has 0 spiro atoms. The fourth-order valence-corrected chi connectivity index (χ4v) is 3.38. The highest BCUT2D eigenvalue weighted by molar-refractivity contribution is 6.08. The topological polar surface area (TPSA) is 53.3 Å². The number of carbonyl (C=O) groups excluding carboxylic acids is 1. The van der Waals surface area contributed by atoms with Crippen LogP contribution in [0.1, 0.15) is 45.4 Å². The van der Waals surface area contributed by atoms with Crippen LogP contribution in [-0.4, -0.2) is 22.7 Å². The Morgan fingerprint density at radius 1 is 1.13 bits per heavy atom. The fraction of sp³-hybridized carbons (Fsp3) is 0.280. The third-order valence-electron chi connectivity index (χ3n) is 5.21. The second kappa shape index (κ2) is 9.44. The van der Waals surface area contributed by atoms with Crippen LogP contribution in [-0.2, 0) is 20.1 Å². The summed E-state index contributed by atoms with van der Waals surface area (Å²) in [4.78, 5) is 12.7. The molecule has 0 aliphatic rings. The van der Waals surface area contributed by atoms with E-state index in [4.69, 9.17) is 9.47 Å². The summed E-state index contributed by atoms with van der Waals surface area (Å²) < 4.78 is 13.1.